The Kier molecular flexibility index (Phi) is 8.90. The van der Waals surface area contributed by atoms with Gasteiger partial charge in [-0.2, -0.15) is 8.42 Å². The molecule has 0 radical (unpaired) electrons. The maximum atomic E-state index is 12.9. The van der Waals surface area contributed by atoms with Gasteiger partial charge in [0.1, 0.15) is 12.7 Å². The Morgan fingerprint density at radius 2 is 1.18 bits per heavy atom. The number of esters is 3. The molecular formula is C29H26O9S. The van der Waals surface area contributed by atoms with Crippen LogP contribution in [0.15, 0.2) is 103 Å². The van der Waals surface area contributed by atoms with E-state index in [-0.39, 0.29) is 24.2 Å². The monoisotopic (exact) mass is 550 g/mol. The summed E-state index contributed by atoms with van der Waals surface area (Å²) < 4.78 is 46.3. The fourth-order valence-electron chi connectivity index (χ4n) is 3.99. The summed E-state index contributed by atoms with van der Waals surface area (Å²) >= 11 is 0. The van der Waals surface area contributed by atoms with Gasteiger partial charge in [0.2, 0.25) is 0 Å². The van der Waals surface area contributed by atoms with E-state index in [9.17, 15) is 22.8 Å². The van der Waals surface area contributed by atoms with Crippen molar-refractivity contribution in [3.05, 3.63) is 119 Å². The lowest BCUT2D eigenvalue weighted by Crippen LogP contribution is -2.47. The van der Waals surface area contributed by atoms with E-state index in [2.05, 4.69) is 0 Å². The van der Waals surface area contributed by atoms with Crippen LogP contribution in [0, 0.1) is 0 Å². The van der Waals surface area contributed by atoms with Gasteiger partial charge in [0.25, 0.3) is 10.1 Å². The zero-order valence-electron chi connectivity index (χ0n) is 21.0. The van der Waals surface area contributed by atoms with Crippen molar-refractivity contribution >= 4 is 28.0 Å². The molecular weight excluding hydrogens is 524 g/mol. The molecule has 0 aromatic heterocycles. The third-order valence-electron chi connectivity index (χ3n) is 5.76. The number of rotatable bonds is 9. The number of ether oxygens (including phenoxy) is 3. The molecule has 3 atom stereocenters. The molecule has 0 fully saturated rings. The third kappa shape index (κ3) is 7.86. The van der Waals surface area contributed by atoms with Gasteiger partial charge < -0.3 is 14.2 Å². The molecule has 3 aromatic rings. The summed E-state index contributed by atoms with van der Waals surface area (Å²) in [6, 6.07) is 24.6. The standard InChI is InChI=1S/C29H26O9S/c1-39(33,34)38-25-18-20(19-35-27(30)21-11-5-2-6-12-21)17-24(36-28(31)22-13-7-3-8-14-22)26(25)37-29(32)23-15-9-4-10-16-23/h2-17,24-26H,18-19H2,1H3/t24-,25+,26+/m0/s1. The van der Waals surface area contributed by atoms with Gasteiger partial charge in [-0.15, -0.1) is 0 Å². The van der Waals surface area contributed by atoms with Gasteiger partial charge in [0, 0.05) is 6.42 Å². The molecule has 0 bridgehead atoms. The summed E-state index contributed by atoms with van der Waals surface area (Å²) in [5, 5.41) is 0. The average molecular weight is 551 g/mol. The van der Waals surface area contributed by atoms with Crippen LogP contribution in [-0.4, -0.2) is 57.5 Å². The number of hydrogen-bond donors (Lipinski definition) is 0. The second kappa shape index (κ2) is 12.5. The van der Waals surface area contributed by atoms with Crippen molar-refractivity contribution in [2.75, 3.05) is 12.9 Å². The number of carbonyl (C=O) groups excluding carboxylic acids is 3. The van der Waals surface area contributed by atoms with E-state index in [1.165, 1.54) is 18.2 Å². The molecule has 0 spiro atoms. The van der Waals surface area contributed by atoms with Gasteiger partial charge in [0.05, 0.1) is 22.9 Å². The van der Waals surface area contributed by atoms with Crippen molar-refractivity contribution in [3.63, 3.8) is 0 Å². The first-order chi connectivity index (χ1) is 18.7. The van der Waals surface area contributed by atoms with E-state index in [0.717, 1.165) is 6.26 Å². The molecule has 4 rings (SSSR count). The van der Waals surface area contributed by atoms with Crippen LogP contribution >= 0.6 is 0 Å². The van der Waals surface area contributed by atoms with Crippen LogP contribution in [0.5, 0.6) is 0 Å². The van der Waals surface area contributed by atoms with E-state index >= 15 is 0 Å². The maximum Gasteiger partial charge on any atom is 0.338 e. The molecule has 0 saturated heterocycles. The van der Waals surface area contributed by atoms with E-state index in [0.29, 0.717) is 11.1 Å². The zero-order valence-corrected chi connectivity index (χ0v) is 21.8. The number of benzene rings is 3. The van der Waals surface area contributed by atoms with Crippen LogP contribution in [0.1, 0.15) is 37.5 Å². The average Bonchev–Trinajstić information content (AvgIpc) is 2.94. The normalized spacial score (nSPS) is 18.9. The largest absolute Gasteiger partial charge is 0.458 e. The molecule has 0 saturated carbocycles. The highest BCUT2D eigenvalue weighted by atomic mass is 32.2. The number of hydrogen-bond acceptors (Lipinski definition) is 9. The second-order valence-corrected chi connectivity index (χ2v) is 10.4. The Labute approximate surface area is 226 Å². The Balaban J connectivity index is 1.63. The van der Waals surface area contributed by atoms with Crippen molar-refractivity contribution in [1.82, 2.24) is 0 Å². The summed E-state index contributed by atoms with van der Waals surface area (Å²) in [5.41, 5.74) is 1.21. The van der Waals surface area contributed by atoms with E-state index < -0.39 is 46.3 Å². The van der Waals surface area contributed by atoms with Crippen molar-refractivity contribution in [1.29, 1.82) is 0 Å². The first kappa shape index (κ1) is 27.7. The topological polar surface area (TPSA) is 122 Å². The fraction of sp³-hybridized carbons (Fsp3) is 0.207. The molecule has 0 N–H and O–H groups in total. The summed E-state index contributed by atoms with van der Waals surface area (Å²) in [4.78, 5) is 38.3. The van der Waals surface area contributed by atoms with Gasteiger partial charge in [-0.3, -0.25) is 4.18 Å². The Morgan fingerprint density at radius 3 is 1.67 bits per heavy atom. The molecule has 10 heteroatoms. The highest BCUT2D eigenvalue weighted by Crippen LogP contribution is 2.29. The van der Waals surface area contributed by atoms with Crippen LogP contribution in [0.4, 0.5) is 0 Å². The zero-order chi connectivity index (χ0) is 27.8. The smallest absolute Gasteiger partial charge is 0.338 e. The van der Waals surface area contributed by atoms with Gasteiger partial charge in [-0.25, -0.2) is 14.4 Å². The van der Waals surface area contributed by atoms with Crippen LogP contribution in [0.3, 0.4) is 0 Å². The predicted molar refractivity (Wildman–Crippen MR) is 140 cm³/mol. The predicted octanol–water partition coefficient (Wildman–Crippen LogP) is 3.97. The highest BCUT2D eigenvalue weighted by Gasteiger charge is 2.42. The first-order valence-electron chi connectivity index (χ1n) is 12.0. The summed E-state index contributed by atoms with van der Waals surface area (Å²) in [6.45, 7) is -0.226. The van der Waals surface area contributed by atoms with Crippen LogP contribution < -0.4 is 0 Å². The molecule has 3 aromatic carbocycles. The lowest BCUT2D eigenvalue weighted by molar-refractivity contribution is -0.0647. The van der Waals surface area contributed by atoms with E-state index in [1.807, 2.05) is 0 Å². The minimum atomic E-state index is -4.03. The molecule has 0 unspecified atom stereocenters. The molecule has 9 nitrogen and oxygen atoms in total. The molecule has 0 heterocycles. The lowest BCUT2D eigenvalue weighted by Gasteiger charge is -2.35. The maximum absolute atomic E-state index is 12.9. The Morgan fingerprint density at radius 1 is 0.718 bits per heavy atom. The van der Waals surface area contributed by atoms with Crippen molar-refractivity contribution < 1.29 is 41.2 Å². The third-order valence-corrected chi connectivity index (χ3v) is 6.35. The summed E-state index contributed by atoms with van der Waals surface area (Å²) in [5.74, 6) is -2.07. The van der Waals surface area contributed by atoms with Gasteiger partial charge >= 0.3 is 17.9 Å². The molecule has 202 valence electrons. The fourth-order valence-corrected chi connectivity index (χ4v) is 4.62. The van der Waals surface area contributed by atoms with E-state index in [4.69, 9.17) is 18.4 Å². The quantitative estimate of drug-likeness (QED) is 0.169. The minimum absolute atomic E-state index is 0.0682. The molecule has 1 aliphatic carbocycles. The minimum Gasteiger partial charge on any atom is -0.458 e. The van der Waals surface area contributed by atoms with Crippen molar-refractivity contribution in [3.8, 4) is 0 Å². The van der Waals surface area contributed by atoms with Crippen LogP contribution in [-0.2, 0) is 28.5 Å². The summed E-state index contributed by atoms with van der Waals surface area (Å²) in [7, 11) is -4.03. The van der Waals surface area contributed by atoms with Crippen LogP contribution in [0.2, 0.25) is 0 Å². The van der Waals surface area contributed by atoms with E-state index in [1.54, 1.807) is 78.9 Å². The van der Waals surface area contributed by atoms with Gasteiger partial charge in [-0.1, -0.05) is 54.6 Å². The van der Waals surface area contributed by atoms with Gasteiger partial charge in [-0.05, 0) is 48.0 Å². The van der Waals surface area contributed by atoms with Crippen LogP contribution in [0.25, 0.3) is 0 Å². The molecule has 39 heavy (non-hydrogen) atoms. The lowest BCUT2D eigenvalue weighted by atomic mass is 9.92. The van der Waals surface area contributed by atoms with Crippen molar-refractivity contribution in [2.45, 2.75) is 24.7 Å². The molecule has 0 aliphatic heterocycles. The molecule has 1 aliphatic rings. The van der Waals surface area contributed by atoms with Crippen molar-refractivity contribution in [2.24, 2.45) is 0 Å². The summed E-state index contributed by atoms with van der Waals surface area (Å²) in [6.07, 6.45) is -1.52. The first-order valence-corrected chi connectivity index (χ1v) is 13.8. The highest BCUT2D eigenvalue weighted by molar-refractivity contribution is 7.86. The Hall–Kier alpha value is -4.28. The Bertz CT molecular complexity index is 1440. The molecule has 0 amide bonds. The SMILES string of the molecule is CS(=O)(=O)O[C@@H]1CC(COC(=O)c2ccccc2)=C[C@H](OC(=O)c2ccccc2)[C@H]1OC(=O)c1ccccc1. The number of carbonyl (C=O) groups is 3. The second-order valence-electron chi connectivity index (χ2n) is 8.78. The van der Waals surface area contributed by atoms with Gasteiger partial charge in [0.15, 0.2) is 12.2 Å².